The van der Waals surface area contributed by atoms with E-state index in [1.807, 2.05) is 0 Å². The Kier molecular flexibility index (Phi) is 5.59. The Balaban J connectivity index is 4.23. The van der Waals surface area contributed by atoms with Crippen molar-refractivity contribution in [2.24, 2.45) is 5.92 Å². The van der Waals surface area contributed by atoms with E-state index in [4.69, 9.17) is 5.11 Å². The second-order valence-electron chi connectivity index (χ2n) is 2.45. The molecule has 4 nitrogen and oxygen atoms in total. The quantitative estimate of drug-likeness (QED) is 0.398. The van der Waals surface area contributed by atoms with Gasteiger partial charge >= 0.3 is 11.9 Å². The van der Waals surface area contributed by atoms with Gasteiger partial charge in [0.15, 0.2) is 5.92 Å². The van der Waals surface area contributed by atoms with Crippen molar-refractivity contribution in [1.29, 1.82) is 0 Å². The number of hydrogen-bond donors (Lipinski definition) is 1. The third-order valence-electron chi connectivity index (χ3n) is 1.48. The highest BCUT2D eigenvalue weighted by Crippen LogP contribution is 2.07. The van der Waals surface area contributed by atoms with E-state index in [9.17, 15) is 9.59 Å². The van der Waals surface area contributed by atoms with Gasteiger partial charge in [-0.3, -0.25) is 9.59 Å². The summed E-state index contributed by atoms with van der Waals surface area (Å²) in [6.07, 6.45) is 3.52. The average molecular weight is 186 g/mol. The van der Waals surface area contributed by atoms with Crippen molar-refractivity contribution >= 4 is 11.9 Å². The van der Waals surface area contributed by atoms with Crippen LogP contribution in [0.4, 0.5) is 0 Å². The maximum atomic E-state index is 11.1. The van der Waals surface area contributed by atoms with E-state index >= 15 is 0 Å². The Morgan fingerprint density at radius 2 is 2.15 bits per heavy atom. The van der Waals surface area contributed by atoms with Crippen LogP contribution in [-0.4, -0.2) is 23.7 Å². The number of rotatable bonds is 5. The smallest absolute Gasteiger partial charge is 0.320 e. The third-order valence-corrected chi connectivity index (χ3v) is 1.48. The van der Waals surface area contributed by atoms with Crippen molar-refractivity contribution in [3.8, 4) is 0 Å². The highest BCUT2D eigenvalue weighted by atomic mass is 16.5. The molecule has 1 N–H and O–H groups in total. The molecule has 0 spiro atoms. The Hall–Kier alpha value is -1.32. The normalized spacial score (nSPS) is 12.8. The van der Waals surface area contributed by atoms with Crippen LogP contribution in [0.2, 0.25) is 0 Å². The minimum absolute atomic E-state index is 0.185. The van der Waals surface area contributed by atoms with Crippen LogP contribution in [-0.2, 0) is 14.3 Å². The number of carboxylic acid groups (broad SMARTS) is 1. The van der Waals surface area contributed by atoms with Crippen LogP contribution in [0.5, 0.6) is 0 Å². The number of carboxylic acids is 1. The lowest BCUT2D eigenvalue weighted by atomic mass is 10.1. The van der Waals surface area contributed by atoms with Gasteiger partial charge in [-0.2, -0.15) is 0 Å². The minimum atomic E-state index is -1.14. The summed E-state index contributed by atoms with van der Waals surface area (Å²) >= 11 is 0. The number of ether oxygens (including phenoxy) is 1. The third kappa shape index (κ3) is 4.30. The summed E-state index contributed by atoms with van der Waals surface area (Å²) in [5.41, 5.74) is 0. The van der Waals surface area contributed by atoms with Gasteiger partial charge in [-0.05, 0) is 20.3 Å². The van der Waals surface area contributed by atoms with Crippen molar-refractivity contribution in [3.05, 3.63) is 12.2 Å². The van der Waals surface area contributed by atoms with Crippen LogP contribution >= 0.6 is 0 Å². The lowest BCUT2D eigenvalue weighted by Gasteiger charge is -2.08. The van der Waals surface area contributed by atoms with Crippen molar-refractivity contribution in [2.75, 3.05) is 6.61 Å². The molecule has 74 valence electrons. The number of allylic oxidation sites excluding steroid dienone is 2. The summed E-state index contributed by atoms with van der Waals surface area (Å²) in [6, 6.07) is 0. The lowest BCUT2D eigenvalue weighted by molar-refractivity contribution is -0.158. The summed E-state index contributed by atoms with van der Waals surface area (Å²) in [5.74, 6) is -2.89. The number of carbonyl (C=O) groups is 2. The monoisotopic (exact) mass is 186 g/mol. The van der Waals surface area contributed by atoms with E-state index in [0.717, 1.165) is 0 Å². The Bertz CT molecular complexity index is 208. The molecule has 13 heavy (non-hydrogen) atoms. The Labute approximate surface area is 77.2 Å². The van der Waals surface area contributed by atoms with E-state index < -0.39 is 17.9 Å². The molecule has 0 fully saturated rings. The molecule has 0 amide bonds. The molecule has 0 rings (SSSR count). The molecule has 0 saturated heterocycles. The van der Waals surface area contributed by atoms with Gasteiger partial charge in [0.05, 0.1) is 6.61 Å². The standard InChI is InChI=1S/C9H14O4/c1-3-5-6-7(8(10)11)9(12)13-4-2/h3,5,7H,4,6H2,1-2H3,(H,10,11)/b5-3+. The van der Waals surface area contributed by atoms with Gasteiger partial charge in [-0.1, -0.05) is 12.2 Å². The molecule has 0 saturated carbocycles. The van der Waals surface area contributed by atoms with Gasteiger partial charge in [-0.15, -0.1) is 0 Å². The fourth-order valence-electron chi connectivity index (χ4n) is 0.813. The minimum Gasteiger partial charge on any atom is -0.481 e. The van der Waals surface area contributed by atoms with Crippen molar-refractivity contribution in [1.82, 2.24) is 0 Å². The van der Waals surface area contributed by atoms with Crippen molar-refractivity contribution in [3.63, 3.8) is 0 Å². The summed E-state index contributed by atoms with van der Waals surface area (Å²) < 4.78 is 4.61. The summed E-state index contributed by atoms with van der Waals surface area (Å²) in [4.78, 5) is 21.6. The van der Waals surface area contributed by atoms with Crippen molar-refractivity contribution < 1.29 is 19.4 Å². The number of esters is 1. The first-order chi connectivity index (χ1) is 6.13. The van der Waals surface area contributed by atoms with Gasteiger partial charge in [0.2, 0.25) is 0 Å². The number of hydrogen-bond acceptors (Lipinski definition) is 3. The second kappa shape index (κ2) is 6.22. The van der Waals surface area contributed by atoms with Crippen LogP contribution in [0.25, 0.3) is 0 Å². The van der Waals surface area contributed by atoms with E-state index in [0.29, 0.717) is 0 Å². The van der Waals surface area contributed by atoms with Gasteiger partial charge in [-0.25, -0.2) is 0 Å². The largest absolute Gasteiger partial charge is 0.481 e. The maximum absolute atomic E-state index is 11.1. The van der Waals surface area contributed by atoms with Crippen LogP contribution in [0.3, 0.4) is 0 Å². The van der Waals surface area contributed by atoms with Crippen LogP contribution in [0.1, 0.15) is 20.3 Å². The van der Waals surface area contributed by atoms with Gasteiger partial charge in [0.25, 0.3) is 0 Å². The van der Waals surface area contributed by atoms with Crippen LogP contribution < -0.4 is 0 Å². The predicted octanol–water partition coefficient (Wildman–Crippen LogP) is 1.22. The van der Waals surface area contributed by atoms with E-state index in [1.165, 1.54) is 0 Å². The molecule has 0 aliphatic heterocycles. The fraction of sp³-hybridized carbons (Fsp3) is 0.556. The van der Waals surface area contributed by atoms with E-state index in [1.54, 1.807) is 26.0 Å². The highest BCUT2D eigenvalue weighted by molar-refractivity contribution is 5.94. The first kappa shape index (κ1) is 11.7. The molecule has 4 heteroatoms. The Morgan fingerprint density at radius 1 is 1.54 bits per heavy atom. The molecule has 1 unspecified atom stereocenters. The number of aliphatic carboxylic acids is 1. The predicted molar refractivity (Wildman–Crippen MR) is 47.2 cm³/mol. The summed E-state index contributed by atoms with van der Waals surface area (Å²) in [5, 5.41) is 8.66. The molecule has 0 aliphatic carbocycles. The Morgan fingerprint density at radius 3 is 2.54 bits per heavy atom. The average Bonchev–Trinajstić information content (AvgIpc) is 2.05. The molecule has 1 atom stereocenters. The zero-order valence-corrected chi connectivity index (χ0v) is 7.82. The molecule has 0 bridgehead atoms. The molecule has 0 aromatic carbocycles. The SMILES string of the molecule is C/C=C/CC(C(=O)O)C(=O)OCC. The van der Waals surface area contributed by atoms with Crippen molar-refractivity contribution in [2.45, 2.75) is 20.3 Å². The molecular formula is C9H14O4. The van der Waals surface area contributed by atoms with E-state index in [2.05, 4.69) is 4.74 Å². The maximum Gasteiger partial charge on any atom is 0.320 e. The molecule has 0 aromatic rings. The topological polar surface area (TPSA) is 63.6 Å². The summed E-state index contributed by atoms with van der Waals surface area (Å²) in [6.45, 7) is 3.62. The van der Waals surface area contributed by atoms with Gasteiger partial charge in [0.1, 0.15) is 0 Å². The summed E-state index contributed by atoms with van der Waals surface area (Å²) in [7, 11) is 0. The lowest BCUT2D eigenvalue weighted by Crippen LogP contribution is -2.25. The first-order valence-electron chi connectivity index (χ1n) is 4.14. The van der Waals surface area contributed by atoms with E-state index in [-0.39, 0.29) is 13.0 Å². The zero-order valence-electron chi connectivity index (χ0n) is 7.82. The molecule has 0 radical (unpaired) electrons. The molecule has 0 heterocycles. The van der Waals surface area contributed by atoms with Gasteiger partial charge in [0, 0.05) is 0 Å². The zero-order chi connectivity index (χ0) is 10.3. The first-order valence-corrected chi connectivity index (χ1v) is 4.14. The molecule has 0 aliphatic rings. The number of carbonyl (C=O) groups excluding carboxylic acids is 1. The molecule has 0 aromatic heterocycles. The van der Waals surface area contributed by atoms with Gasteiger partial charge < -0.3 is 9.84 Å². The van der Waals surface area contributed by atoms with Crippen LogP contribution in [0, 0.1) is 5.92 Å². The fourth-order valence-corrected chi connectivity index (χ4v) is 0.813. The molecular weight excluding hydrogens is 172 g/mol. The highest BCUT2D eigenvalue weighted by Gasteiger charge is 2.25. The van der Waals surface area contributed by atoms with Crippen LogP contribution in [0.15, 0.2) is 12.2 Å². The second-order valence-corrected chi connectivity index (χ2v) is 2.45.